The average molecular weight is 145 g/mol. The first kappa shape index (κ1) is 9.18. The number of hydrogen-bond donors (Lipinski definition) is 0. The summed E-state index contributed by atoms with van der Waals surface area (Å²) in [5, 5.41) is 0. The van der Waals surface area contributed by atoms with Crippen molar-refractivity contribution >= 4 is 9.76 Å². The summed E-state index contributed by atoms with van der Waals surface area (Å²) in [5.41, 5.74) is 0. The van der Waals surface area contributed by atoms with Crippen molar-refractivity contribution in [1.82, 2.24) is 0 Å². The molecule has 0 unspecified atom stereocenters. The highest BCUT2D eigenvalue weighted by Gasteiger charge is 1.85. The first-order valence-corrected chi connectivity index (χ1v) is 5.36. The highest BCUT2D eigenvalue weighted by Crippen LogP contribution is 1.90. The van der Waals surface area contributed by atoms with E-state index in [1.54, 1.807) is 0 Å². The van der Waals surface area contributed by atoms with Crippen LogP contribution in [-0.2, 0) is 4.43 Å². The van der Waals surface area contributed by atoms with E-state index >= 15 is 0 Å². The second-order valence-electron chi connectivity index (χ2n) is 2.17. The van der Waals surface area contributed by atoms with E-state index in [1.807, 2.05) is 0 Å². The van der Waals surface area contributed by atoms with Gasteiger partial charge >= 0.3 is 0 Å². The molecule has 0 bridgehead atoms. The second kappa shape index (κ2) is 8.18. The van der Waals surface area contributed by atoms with Gasteiger partial charge in [-0.05, 0) is 12.5 Å². The smallest absolute Gasteiger partial charge is 0.161 e. The fraction of sp³-hybridized carbons (Fsp3) is 0.857. The van der Waals surface area contributed by atoms with Crippen molar-refractivity contribution in [1.29, 1.82) is 0 Å². The lowest BCUT2D eigenvalue weighted by Crippen LogP contribution is -1.98. The fourth-order valence-corrected chi connectivity index (χ4v) is 1.37. The van der Waals surface area contributed by atoms with E-state index in [0.717, 1.165) is 13.0 Å². The van der Waals surface area contributed by atoms with Crippen LogP contribution >= 0.6 is 0 Å². The average Bonchev–Trinajstić information content (AvgIpc) is 1.89. The lowest BCUT2D eigenvalue weighted by molar-refractivity contribution is 0.326. The summed E-state index contributed by atoms with van der Waals surface area (Å²) in [4.78, 5) is 0. The number of hydrogen-bond acceptors (Lipinski definition) is 1. The van der Waals surface area contributed by atoms with Gasteiger partial charge in [0.25, 0.3) is 0 Å². The van der Waals surface area contributed by atoms with Gasteiger partial charge in [-0.15, -0.1) is 0 Å². The lowest BCUT2D eigenvalue weighted by Gasteiger charge is -1.99. The van der Waals surface area contributed by atoms with Crippen LogP contribution in [0.3, 0.4) is 0 Å². The molecule has 0 amide bonds. The Hall–Kier alpha value is 0.177. The van der Waals surface area contributed by atoms with Crippen LogP contribution < -0.4 is 0 Å². The molecular weight excluding hydrogens is 128 g/mol. The molecule has 0 aliphatic heterocycles. The summed E-state index contributed by atoms with van der Waals surface area (Å²) in [6.45, 7) is 6.93. The van der Waals surface area contributed by atoms with Crippen molar-refractivity contribution in [3.8, 4) is 0 Å². The Labute approximate surface area is 60.7 Å². The van der Waals surface area contributed by atoms with Gasteiger partial charge in [0.15, 0.2) is 9.76 Å². The van der Waals surface area contributed by atoms with Crippen molar-refractivity contribution in [3.05, 3.63) is 6.92 Å². The minimum atomic E-state index is -0.172. The third-order valence-electron chi connectivity index (χ3n) is 1.18. The van der Waals surface area contributed by atoms with E-state index in [0.29, 0.717) is 0 Å². The van der Waals surface area contributed by atoms with E-state index in [-0.39, 0.29) is 9.76 Å². The molecule has 0 aromatic heterocycles. The highest BCUT2D eigenvalue weighted by molar-refractivity contribution is 6.26. The molecule has 1 nitrogen and oxygen atoms in total. The Balaban J connectivity index is 2.60. The third-order valence-corrected chi connectivity index (χ3v) is 2.55. The Morgan fingerprint density at radius 3 is 2.89 bits per heavy atom. The van der Waals surface area contributed by atoms with Crippen molar-refractivity contribution < 1.29 is 4.43 Å². The first-order chi connectivity index (χ1) is 4.41. The summed E-state index contributed by atoms with van der Waals surface area (Å²) in [5.74, 6) is 0. The minimum absolute atomic E-state index is 0.172. The maximum atomic E-state index is 5.41. The zero-order valence-corrected chi connectivity index (χ0v) is 7.77. The Morgan fingerprint density at radius 1 is 1.56 bits per heavy atom. The van der Waals surface area contributed by atoms with Crippen molar-refractivity contribution in [3.63, 3.8) is 0 Å². The third kappa shape index (κ3) is 8.18. The predicted octanol–water partition coefficient (Wildman–Crippen LogP) is 1.53. The summed E-state index contributed by atoms with van der Waals surface area (Å²) in [6, 6.07) is 1.24. The largest absolute Gasteiger partial charge is 0.424 e. The van der Waals surface area contributed by atoms with Gasteiger partial charge in [-0.2, -0.15) is 0 Å². The fourth-order valence-electron chi connectivity index (χ4n) is 0.553. The molecule has 0 spiro atoms. The van der Waals surface area contributed by atoms with Crippen LogP contribution in [0.15, 0.2) is 0 Å². The minimum Gasteiger partial charge on any atom is -0.424 e. The lowest BCUT2D eigenvalue weighted by atomic mass is 10.4. The Bertz CT molecular complexity index is 42.2. The van der Waals surface area contributed by atoms with Crippen LogP contribution in [0.5, 0.6) is 0 Å². The summed E-state index contributed by atoms with van der Waals surface area (Å²) in [6.07, 6.45) is 3.53. The van der Waals surface area contributed by atoms with Crippen LogP contribution in [0.25, 0.3) is 0 Å². The maximum absolute atomic E-state index is 5.41. The molecule has 0 saturated carbocycles. The highest BCUT2D eigenvalue weighted by atomic mass is 28.2. The van der Waals surface area contributed by atoms with Gasteiger partial charge in [-0.1, -0.05) is 26.7 Å². The monoisotopic (exact) mass is 145 g/mol. The Kier molecular flexibility index (Phi) is 8.34. The molecule has 0 heterocycles. The topological polar surface area (TPSA) is 9.23 Å². The molecule has 0 fully saturated rings. The molecule has 2 heteroatoms. The van der Waals surface area contributed by atoms with Gasteiger partial charge in [-0.25, -0.2) is 0 Å². The van der Waals surface area contributed by atoms with Gasteiger partial charge in [0.05, 0.1) is 0 Å². The molecule has 1 radical (unpaired) electrons. The molecule has 0 saturated heterocycles. The zero-order chi connectivity index (χ0) is 6.95. The normalized spacial score (nSPS) is 11.3. The molecule has 0 aliphatic rings. The van der Waals surface area contributed by atoms with Gasteiger partial charge in [-0.3, -0.25) is 0 Å². The number of rotatable bonds is 6. The van der Waals surface area contributed by atoms with E-state index in [4.69, 9.17) is 4.43 Å². The maximum Gasteiger partial charge on any atom is 0.161 e. The van der Waals surface area contributed by atoms with Gasteiger partial charge in [0.1, 0.15) is 0 Å². The van der Waals surface area contributed by atoms with Crippen LogP contribution in [-0.4, -0.2) is 16.4 Å². The summed E-state index contributed by atoms with van der Waals surface area (Å²) >= 11 is 0. The Morgan fingerprint density at radius 2 is 2.33 bits per heavy atom. The van der Waals surface area contributed by atoms with E-state index in [1.165, 1.54) is 18.9 Å². The standard InChI is InChI=1S/C7H17OSi/c1-3-5-6-8-9-7-4-2/h2-7,9H2,1H3. The SMILES string of the molecule is [CH2]CC[SiH2]OCCCC. The summed E-state index contributed by atoms with van der Waals surface area (Å²) < 4.78 is 5.41. The van der Waals surface area contributed by atoms with Crippen LogP contribution in [0.1, 0.15) is 26.2 Å². The van der Waals surface area contributed by atoms with E-state index < -0.39 is 0 Å². The quantitative estimate of drug-likeness (QED) is 0.407. The van der Waals surface area contributed by atoms with E-state index in [2.05, 4.69) is 13.8 Å². The molecule has 55 valence electrons. The first-order valence-electron chi connectivity index (χ1n) is 3.78. The predicted molar refractivity (Wildman–Crippen MR) is 44.2 cm³/mol. The van der Waals surface area contributed by atoms with E-state index in [9.17, 15) is 0 Å². The molecule has 0 aromatic carbocycles. The molecule has 0 aromatic rings. The van der Waals surface area contributed by atoms with Crippen LogP contribution in [0.2, 0.25) is 6.04 Å². The van der Waals surface area contributed by atoms with Gasteiger partial charge in [0, 0.05) is 6.61 Å². The zero-order valence-electron chi connectivity index (χ0n) is 6.36. The number of unbranched alkanes of at least 4 members (excludes halogenated alkanes) is 1. The molecule has 0 N–H and O–H groups in total. The van der Waals surface area contributed by atoms with Crippen molar-refractivity contribution in [2.24, 2.45) is 0 Å². The summed E-state index contributed by atoms with van der Waals surface area (Å²) in [7, 11) is -0.172. The van der Waals surface area contributed by atoms with Gasteiger partial charge < -0.3 is 4.43 Å². The molecule has 0 rings (SSSR count). The molecule has 0 atom stereocenters. The molecular formula is C7H17OSi. The second-order valence-corrected chi connectivity index (χ2v) is 3.70. The van der Waals surface area contributed by atoms with Crippen LogP contribution in [0.4, 0.5) is 0 Å². The molecule has 0 aliphatic carbocycles. The van der Waals surface area contributed by atoms with Crippen molar-refractivity contribution in [2.45, 2.75) is 32.2 Å². The molecule has 9 heavy (non-hydrogen) atoms. The van der Waals surface area contributed by atoms with Gasteiger partial charge in [0.2, 0.25) is 0 Å². The van der Waals surface area contributed by atoms with Crippen molar-refractivity contribution in [2.75, 3.05) is 6.61 Å². The van der Waals surface area contributed by atoms with Crippen LogP contribution in [0, 0.1) is 6.92 Å².